The first-order valence-electron chi connectivity index (χ1n) is 6.06. The van der Waals surface area contributed by atoms with Gasteiger partial charge in [0, 0.05) is 30.2 Å². The molecular formula is C13H15ClN2O3. The monoisotopic (exact) mass is 282 g/mol. The summed E-state index contributed by atoms with van der Waals surface area (Å²) in [6.07, 6.45) is 0.194. The first kappa shape index (κ1) is 13.8. The molecule has 1 atom stereocenters. The van der Waals surface area contributed by atoms with E-state index in [1.54, 1.807) is 29.2 Å². The molecule has 1 aliphatic rings. The number of nitrogens with one attached hydrogen (secondary N) is 1. The van der Waals surface area contributed by atoms with Crippen LogP contribution in [0.1, 0.15) is 6.42 Å². The molecule has 2 amide bonds. The zero-order chi connectivity index (χ0) is 13.8. The average Bonchev–Trinajstić information content (AvgIpc) is 2.79. The zero-order valence-corrected chi connectivity index (χ0v) is 11.1. The second kappa shape index (κ2) is 6.04. The Morgan fingerprint density at radius 1 is 1.42 bits per heavy atom. The summed E-state index contributed by atoms with van der Waals surface area (Å²) in [6, 6.07) is 6.94. The normalized spacial score (nSPS) is 18.7. The van der Waals surface area contributed by atoms with Crippen LogP contribution < -0.4 is 10.2 Å². The molecule has 1 aliphatic heterocycles. The summed E-state index contributed by atoms with van der Waals surface area (Å²) in [5, 5.41) is 11.9. The number of hydrogen-bond donors (Lipinski definition) is 2. The number of rotatable bonds is 4. The van der Waals surface area contributed by atoms with E-state index in [0.717, 1.165) is 5.69 Å². The molecule has 2 N–H and O–H groups in total. The predicted molar refractivity (Wildman–Crippen MR) is 72.0 cm³/mol. The van der Waals surface area contributed by atoms with Crippen LogP contribution in [0.2, 0.25) is 5.02 Å². The van der Waals surface area contributed by atoms with Crippen molar-refractivity contribution in [3.63, 3.8) is 0 Å². The molecule has 1 saturated heterocycles. The molecule has 5 nitrogen and oxygen atoms in total. The van der Waals surface area contributed by atoms with Gasteiger partial charge in [0.1, 0.15) is 0 Å². The van der Waals surface area contributed by atoms with Gasteiger partial charge in [-0.05, 0) is 24.3 Å². The van der Waals surface area contributed by atoms with Crippen LogP contribution >= 0.6 is 11.6 Å². The van der Waals surface area contributed by atoms with Crippen molar-refractivity contribution in [3.8, 4) is 0 Å². The van der Waals surface area contributed by atoms with Crippen LogP contribution in [0.3, 0.4) is 0 Å². The largest absolute Gasteiger partial charge is 0.395 e. The number of benzene rings is 1. The highest BCUT2D eigenvalue weighted by molar-refractivity contribution is 6.30. The summed E-state index contributed by atoms with van der Waals surface area (Å²) in [7, 11) is 0. The summed E-state index contributed by atoms with van der Waals surface area (Å²) in [5.74, 6) is -0.639. The van der Waals surface area contributed by atoms with E-state index in [9.17, 15) is 9.59 Å². The fraction of sp³-hybridized carbons (Fsp3) is 0.385. The summed E-state index contributed by atoms with van der Waals surface area (Å²) >= 11 is 5.80. The van der Waals surface area contributed by atoms with Crippen LogP contribution in [0.4, 0.5) is 5.69 Å². The molecule has 19 heavy (non-hydrogen) atoms. The molecule has 1 unspecified atom stereocenters. The maximum absolute atomic E-state index is 11.9. The molecule has 0 spiro atoms. The molecule has 1 aromatic rings. The molecule has 0 aromatic heterocycles. The molecule has 102 valence electrons. The zero-order valence-electron chi connectivity index (χ0n) is 10.3. The van der Waals surface area contributed by atoms with E-state index < -0.39 is 0 Å². The highest BCUT2D eigenvalue weighted by atomic mass is 35.5. The van der Waals surface area contributed by atoms with E-state index in [-0.39, 0.29) is 37.3 Å². The van der Waals surface area contributed by atoms with Crippen LogP contribution in [-0.2, 0) is 9.59 Å². The summed E-state index contributed by atoms with van der Waals surface area (Å²) in [4.78, 5) is 25.3. The molecule has 1 heterocycles. The molecule has 1 aromatic carbocycles. The number of nitrogens with zero attached hydrogens (tertiary/aromatic N) is 1. The lowest BCUT2D eigenvalue weighted by Gasteiger charge is -2.16. The molecule has 1 fully saturated rings. The Morgan fingerprint density at radius 3 is 2.74 bits per heavy atom. The number of hydrogen-bond acceptors (Lipinski definition) is 3. The SMILES string of the molecule is O=C(NCCO)C1CC(=O)N(c2ccc(Cl)cc2)C1. The van der Waals surface area contributed by atoms with Crippen LogP contribution in [0.5, 0.6) is 0 Å². The van der Waals surface area contributed by atoms with E-state index in [1.165, 1.54) is 0 Å². The highest BCUT2D eigenvalue weighted by Crippen LogP contribution is 2.26. The number of halogens is 1. The Hall–Kier alpha value is -1.59. The molecule has 0 radical (unpaired) electrons. The number of amides is 2. The van der Waals surface area contributed by atoms with Crippen LogP contribution in [0.25, 0.3) is 0 Å². The van der Waals surface area contributed by atoms with Gasteiger partial charge in [-0.3, -0.25) is 9.59 Å². The van der Waals surface area contributed by atoms with Gasteiger partial charge in [0.2, 0.25) is 11.8 Å². The topological polar surface area (TPSA) is 69.6 Å². The van der Waals surface area contributed by atoms with Crippen LogP contribution in [-0.4, -0.2) is 36.6 Å². The number of carbonyl (C=O) groups excluding carboxylic acids is 2. The van der Waals surface area contributed by atoms with Crippen molar-refractivity contribution >= 4 is 29.1 Å². The van der Waals surface area contributed by atoms with Gasteiger partial charge in [0.15, 0.2) is 0 Å². The van der Waals surface area contributed by atoms with Gasteiger partial charge in [-0.25, -0.2) is 0 Å². The molecule has 6 heteroatoms. The second-order valence-corrected chi connectivity index (χ2v) is 4.83. The molecule has 0 saturated carbocycles. The Bertz CT molecular complexity index is 475. The van der Waals surface area contributed by atoms with Crippen molar-refractivity contribution in [3.05, 3.63) is 29.3 Å². The fourth-order valence-corrected chi connectivity index (χ4v) is 2.20. The van der Waals surface area contributed by atoms with E-state index in [4.69, 9.17) is 16.7 Å². The summed E-state index contributed by atoms with van der Waals surface area (Å²) in [5.41, 5.74) is 0.742. The number of anilines is 1. The lowest BCUT2D eigenvalue weighted by molar-refractivity contribution is -0.126. The number of carbonyl (C=O) groups is 2. The highest BCUT2D eigenvalue weighted by Gasteiger charge is 2.34. The standard InChI is InChI=1S/C13H15ClN2O3/c14-10-1-3-11(4-2-10)16-8-9(7-12(16)18)13(19)15-5-6-17/h1-4,9,17H,5-8H2,(H,15,19). The Labute approximate surface area is 116 Å². The van der Waals surface area contributed by atoms with E-state index >= 15 is 0 Å². The van der Waals surface area contributed by atoms with Crippen LogP contribution in [0.15, 0.2) is 24.3 Å². The van der Waals surface area contributed by atoms with E-state index in [2.05, 4.69) is 5.32 Å². The van der Waals surface area contributed by atoms with Gasteiger partial charge in [-0.2, -0.15) is 0 Å². The van der Waals surface area contributed by atoms with Crippen molar-refractivity contribution in [2.45, 2.75) is 6.42 Å². The molecule has 0 bridgehead atoms. The quantitative estimate of drug-likeness (QED) is 0.858. The molecular weight excluding hydrogens is 268 g/mol. The minimum absolute atomic E-state index is 0.0773. The van der Waals surface area contributed by atoms with Crippen LogP contribution in [0, 0.1) is 5.92 Å². The third-order valence-corrected chi connectivity index (χ3v) is 3.30. The van der Waals surface area contributed by atoms with E-state index in [0.29, 0.717) is 11.6 Å². The smallest absolute Gasteiger partial charge is 0.227 e. The summed E-state index contributed by atoms with van der Waals surface area (Å²) < 4.78 is 0. The maximum atomic E-state index is 11.9. The second-order valence-electron chi connectivity index (χ2n) is 4.40. The fourth-order valence-electron chi connectivity index (χ4n) is 2.08. The predicted octanol–water partition coefficient (Wildman–Crippen LogP) is 0.801. The van der Waals surface area contributed by atoms with Crippen molar-refractivity contribution in [2.75, 3.05) is 24.6 Å². The third-order valence-electron chi connectivity index (χ3n) is 3.05. The third kappa shape index (κ3) is 3.24. The first-order chi connectivity index (χ1) is 9.11. The van der Waals surface area contributed by atoms with Crippen molar-refractivity contribution in [2.24, 2.45) is 5.92 Å². The number of aliphatic hydroxyl groups is 1. The van der Waals surface area contributed by atoms with E-state index in [1.807, 2.05) is 0 Å². The van der Waals surface area contributed by atoms with Gasteiger partial charge < -0.3 is 15.3 Å². The minimum Gasteiger partial charge on any atom is -0.395 e. The lowest BCUT2D eigenvalue weighted by atomic mass is 10.1. The van der Waals surface area contributed by atoms with Gasteiger partial charge in [0.25, 0.3) is 0 Å². The van der Waals surface area contributed by atoms with Gasteiger partial charge in [-0.15, -0.1) is 0 Å². The number of aliphatic hydroxyl groups excluding tert-OH is 1. The van der Waals surface area contributed by atoms with Crippen molar-refractivity contribution in [1.82, 2.24) is 5.32 Å². The van der Waals surface area contributed by atoms with Crippen molar-refractivity contribution < 1.29 is 14.7 Å². The first-order valence-corrected chi connectivity index (χ1v) is 6.44. The van der Waals surface area contributed by atoms with Gasteiger partial charge >= 0.3 is 0 Å². The lowest BCUT2D eigenvalue weighted by Crippen LogP contribution is -2.34. The average molecular weight is 283 g/mol. The molecule has 0 aliphatic carbocycles. The Kier molecular flexibility index (Phi) is 4.39. The Balaban J connectivity index is 2.03. The maximum Gasteiger partial charge on any atom is 0.227 e. The van der Waals surface area contributed by atoms with Gasteiger partial charge in [-0.1, -0.05) is 11.6 Å². The van der Waals surface area contributed by atoms with Gasteiger partial charge in [0.05, 0.1) is 12.5 Å². The summed E-state index contributed by atoms with van der Waals surface area (Å²) in [6.45, 7) is 0.468. The molecule has 2 rings (SSSR count). The Morgan fingerprint density at radius 2 is 2.11 bits per heavy atom. The minimum atomic E-state index is -0.366. The van der Waals surface area contributed by atoms with Crippen molar-refractivity contribution in [1.29, 1.82) is 0 Å².